The van der Waals surface area contributed by atoms with Gasteiger partial charge in [-0.2, -0.15) is 5.26 Å². The average Bonchev–Trinajstić information content (AvgIpc) is 2.66. The Morgan fingerprint density at radius 3 is 2.38 bits per heavy atom. The number of amides is 1. The normalized spacial score (nSPS) is 10.7. The molecule has 0 saturated heterocycles. The van der Waals surface area contributed by atoms with Crippen molar-refractivity contribution in [2.45, 2.75) is 4.90 Å². The number of nitriles is 1. The number of benzene rings is 2. The summed E-state index contributed by atoms with van der Waals surface area (Å²) in [5.41, 5.74) is 0.908. The number of carbonyl (C=O) groups excluding carboxylic acids is 1. The molecule has 8 nitrogen and oxygen atoms in total. The van der Waals surface area contributed by atoms with Crippen molar-refractivity contribution in [2.24, 2.45) is 0 Å². The van der Waals surface area contributed by atoms with Crippen LogP contribution >= 0.6 is 0 Å². The molecular weight excluding hydrogens is 358 g/mol. The summed E-state index contributed by atoms with van der Waals surface area (Å²) < 4.78 is 37.1. The third-order valence-corrected chi connectivity index (χ3v) is 4.82. The lowest BCUT2D eigenvalue weighted by Crippen LogP contribution is -2.33. The van der Waals surface area contributed by atoms with Crippen LogP contribution < -0.4 is 19.5 Å². The second-order valence-corrected chi connectivity index (χ2v) is 6.81. The molecule has 2 aromatic carbocycles. The molecule has 0 fully saturated rings. The number of ether oxygens (including phenoxy) is 2. The lowest BCUT2D eigenvalue weighted by atomic mass is 10.2. The summed E-state index contributed by atoms with van der Waals surface area (Å²) in [6, 6.07) is 12.4. The van der Waals surface area contributed by atoms with Gasteiger partial charge in [-0.15, -0.1) is 0 Å². The van der Waals surface area contributed by atoms with Crippen LogP contribution in [0.25, 0.3) is 0 Å². The van der Waals surface area contributed by atoms with Gasteiger partial charge in [0.05, 0.1) is 32.4 Å². The predicted octanol–water partition coefficient (Wildman–Crippen LogP) is 1.49. The van der Waals surface area contributed by atoms with Gasteiger partial charge in [-0.1, -0.05) is 0 Å². The summed E-state index contributed by atoms with van der Waals surface area (Å²) >= 11 is 0. The zero-order valence-electron chi connectivity index (χ0n) is 14.1. The van der Waals surface area contributed by atoms with Crippen molar-refractivity contribution in [3.63, 3.8) is 0 Å². The van der Waals surface area contributed by atoms with E-state index in [1.165, 1.54) is 32.4 Å². The van der Waals surface area contributed by atoms with E-state index in [0.717, 1.165) is 0 Å². The van der Waals surface area contributed by atoms with E-state index in [9.17, 15) is 13.2 Å². The smallest absolute Gasteiger partial charge is 0.244 e. The lowest BCUT2D eigenvalue weighted by molar-refractivity contribution is -0.115. The van der Waals surface area contributed by atoms with Crippen molar-refractivity contribution in [3.05, 3.63) is 48.0 Å². The average molecular weight is 375 g/mol. The SMILES string of the molecule is COc1ccc(S(=O)(=O)NCC(=O)Nc2ccc(C#N)cc2)c(OC)c1. The molecule has 0 aromatic heterocycles. The van der Waals surface area contributed by atoms with Crippen LogP contribution in [-0.4, -0.2) is 35.1 Å². The van der Waals surface area contributed by atoms with Crippen LogP contribution in [0.3, 0.4) is 0 Å². The maximum Gasteiger partial charge on any atom is 0.244 e. The first-order valence-electron chi connectivity index (χ1n) is 7.41. The maximum atomic E-state index is 12.4. The molecule has 136 valence electrons. The molecule has 0 spiro atoms. The Morgan fingerprint density at radius 2 is 1.81 bits per heavy atom. The van der Waals surface area contributed by atoms with Crippen LogP contribution in [0, 0.1) is 11.3 Å². The van der Waals surface area contributed by atoms with Gasteiger partial charge in [-0.25, -0.2) is 13.1 Å². The van der Waals surface area contributed by atoms with Gasteiger partial charge < -0.3 is 14.8 Å². The molecule has 2 aromatic rings. The number of rotatable bonds is 7. The highest BCUT2D eigenvalue weighted by molar-refractivity contribution is 7.89. The van der Waals surface area contributed by atoms with Gasteiger partial charge >= 0.3 is 0 Å². The Morgan fingerprint density at radius 1 is 1.12 bits per heavy atom. The summed E-state index contributed by atoms with van der Waals surface area (Å²) in [7, 11) is -1.17. The number of hydrogen-bond acceptors (Lipinski definition) is 6. The van der Waals surface area contributed by atoms with Gasteiger partial charge in [0.15, 0.2) is 0 Å². The fraction of sp³-hybridized carbons (Fsp3) is 0.176. The number of methoxy groups -OCH3 is 2. The zero-order valence-corrected chi connectivity index (χ0v) is 15.0. The molecule has 0 aliphatic rings. The van der Waals surface area contributed by atoms with Gasteiger partial charge in [0.2, 0.25) is 15.9 Å². The highest BCUT2D eigenvalue weighted by atomic mass is 32.2. The Bertz CT molecular complexity index is 934. The largest absolute Gasteiger partial charge is 0.497 e. The van der Waals surface area contributed by atoms with Crippen molar-refractivity contribution in [3.8, 4) is 17.6 Å². The predicted molar refractivity (Wildman–Crippen MR) is 94.5 cm³/mol. The topological polar surface area (TPSA) is 118 Å². The Labute approximate surface area is 151 Å². The van der Waals surface area contributed by atoms with Crippen molar-refractivity contribution in [2.75, 3.05) is 26.1 Å². The number of sulfonamides is 1. The Balaban J connectivity index is 2.05. The van der Waals surface area contributed by atoms with Crippen LogP contribution in [0.1, 0.15) is 5.56 Å². The molecule has 0 aliphatic heterocycles. The minimum atomic E-state index is -3.96. The maximum absolute atomic E-state index is 12.4. The van der Waals surface area contributed by atoms with Crippen LogP contribution in [-0.2, 0) is 14.8 Å². The summed E-state index contributed by atoms with van der Waals surface area (Å²) in [5, 5.41) is 11.3. The van der Waals surface area contributed by atoms with Crippen LogP contribution in [0.2, 0.25) is 0 Å². The van der Waals surface area contributed by atoms with E-state index in [0.29, 0.717) is 17.0 Å². The van der Waals surface area contributed by atoms with E-state index < -0.39 is 22.5 Å². The van der Waals surface area contributed by atoms with Gasteiger partial charge in [-0.3, -0.25) is 4.79 Å². The first kappa shape index (κ1) is 19.2. The quantitative estimate of drug-likeness (QED) is 0.757. The van der Waals surface area contributed by atoms with Gasteiger partial charge in [-0.05, 0) is 36.4 Å². The van der Waals surface area contributed by atoms with Gasteiger partial charge in [0, 0.05) is 11.8 Å². The molecule has 0 unspecified atom stereocenters. The van der Waals surface area contributed by atoms with E-state index >= 15 is 0 Å². The molecular formula is C17H17N3O5S. The molecule has 0 heterocycles. The van der Waals surface area contributed by atoms with E-state index in [2.05, 4.69) is 10.0 Å². The summed E-state index contributed by atoms with van der Waals surface area (Å²) in [5.74, 6) is -0.00512. The third kappa shape index (κ3) is 4.72. The van der Waals surface area contributed by atoms with Gasteiger partial charge in [0.1, 0.15) is 16.4 Å². The molecule has 0 atom stereocenters. The van der Waals surface area contributed by atoms with Crippen LogP contribution in [0.4, 0.5) is 5.69 Å². The van der Waals surface area contributed by atoms with Crippen molar-refractivity contribution in [1.29, 1.82) is 5.26 Å². The summed E-state index contributed by atoms with van der Waals surface area (Å²) in [6.07, 6.45) is 0. The minimum Gasteiger partial charge on any atom is -0.497 e. The molecule has 2 N–H and O–H groups in total. The van der Waals surface area contributed by atoms with Crippen molar-refractivity contribution < 1.29 is 22.7 Å². The molecule has 2 rings (SSSR count). The minimum absolute atomic E-state index is 0.101. The monoisotopic (exact) mass is 375 g/mol. The van der Waals surface area contributed by atoms with Crippen molar-refractivity contribution in [1.82, 2.24) is 4.72 Å². The standard InChI is InChI=1S/C17H17N3O5S/c1-24-14-7-8-16(15(9-14)25-2)26(22,23)19-11-17(21)20-13-5-3-12(10-18)4-6-13/h3-9,19H,11H2,1-2H3,(H,20,21). The number of hydrogen-bond donors (Lipinski definition) is 2. The molecule has 0 saturated carbocycles. The van der Waals surface area contributed by atoms with E-state index in [1.54, 1.807) is 24.3 Å². The molecule has 0 radical (unpaired) electrons. The second kappa shape index (κ2) is 8.33. The van der Waals surface area contributed by atoms with E-state index in [-0.39, 0.29) is 10.6 Å². The third-order valence-electron chi connectivity index (χ3n) is 3.38. The number of carbonyl (C=O) groups is 1. The fourth-order valence-corrected chi connectivity index (χ4v) is 3.20. The zero-order chi connectivity index (χ0) is 19.2. The lowest BCUT2D eigenvalue weighted by Gasteiger charge is -2.12. The fourth-order valence-electron chi connectivity index (χ4n) is 2.07. The molecule has 0 aliphatic carbocycles. The number of anilines is 1. The molecule has 0 bridgehead atoms. The number of nitrogens with zero attached hydrogens (tertiary/aromatic N) is 1. The molecule has 1 amide bonds. The first-order valence-corrected chi connectivity index (χ1v) is 8.89. The first-order chi connectivity index (χ1) is 12.4. The molecule has 26 heavy (non-hydrogen) atoms. The van der Waals surface area contributed by atoms with Crippen molar-refractivity contribution >= 4 is 21.6 Å². The highest BCUT2D eigenvalue weighted by Crippen LogP contribution is 2.28. The van der Waals surface area contributed by atoms with Crippen LogP contribution in [0.15, 0.2) is 47.4 Å². The van der Waals surface area contributed by atoms with Crippen LogP contribution in [0.5, 0.6) is 11.5 Å². The van der Waals surface area contributed by atoms with Gasteiger partial charge in [0.25, 0.3) is 0 Å². The Kier molecular flexibility index (Phi) is 6.16. The van der Waals surface area contributed by atoms with E-state index in [4.69, 9.17) is 14.7 Å². The molecule has 9 heteroatoms. The Hall–Kier alpha value is -3.09. The highest BCUT2D eigenvalue weighted by Gasteiger charge is 2.21. The number of nitrogens with one attached hydrogen (secondary N) is 2. The van der Waals surface area contributed by atoms with E-state index in [1.807, 2.05) is 6.07 Å². The summed E-state index contributed by atoms with van der Waals surface area (Å²) in [4.78, 5) is 11.8. The second-order valence-electron chi connectivity index (χ2n) is 5.08. The summed E-state index contributed by atoms with van der Waals surface area (Å²) in [6.45, 7) is -0.461.